The first kappa shape index (κ1) is 17.4. The largest absolute Gasteiger partial charge is 0.364 e. The summed E-state index contributed by atoms with van der Waals surface area (Å²) < 4.78 is 5.50. The number of aryl methyl sites for hydroxylation is 1. The van der Waals surface area contributed by atoms with Gasteiger partial charge in [-0.2, -0.15) is 0 Å². The zero-order valence-corrected chi connectivity index (χ0v) is 14.4. The van der Waals surface area contributed by atoms with Gasteiger partial charge in [-0.1, -0.05) is 12.1 Å². The van der Waals surface area contributed by atoms with Crippen molar-refractivity contribution in [3.8, 4) is 0 Å². The molecule has 3 rings (SSSR count). The van der Waals surface area contributed by atoms with E-state index in [1.807, 2.05) is 25.1 Å². The first-order valence-electron chi connectivity index (χ1n) is 8.28. The molecule has 2 amide bonds. The number of carbonyl (C=O) groups is 2. The SMILES string of the molecule is CNC(=O)[C@@H]1C[C@@H](N)CN1C(=O)COCc1nc2c(C)cccc2[nH]1. The number of para-hydroxylation sites is 1. The molecule has 0 radical (unpaired) electrons. The molecule has 4 N–H and O–H groups in total. The molecule has 0 aliphatic carbocycles. The van der Waals surface area contributed by atoms with E-state index < -0.39 is 6.04 Å². The summed E-state index contributed by atoms with van der Waals surface area (Å²) in [5, 5.41) is 2.57. The van der Waals surface area contributed by atoms with Crippen molar-refractivity contribution >= 4 is 22.8 Å². The number of aromatic amines is 1. The van der Waals surface area contributed by atoms with Crippen molar-refractivity contribution in [1.29, 1.82) is 0 Å². The van der Waals surface area contributed by atoms with Gasteiger partial charge in [0.2, 0.25) is 11.8 Å². The minimum Gasteiger partial charge on any atom is -0.364 e. The molecule has 1 saturated heterocycles. The molecule has 0 bridgehead atoms. The van der Waals surface area contributed by atoms with Gasteiger partial charge in [-0.3, -0.25) is 9.59 Å². The molecule has 25 heavy (non-hydrogen) atoms. The number of amides is 2. The van der Waals surface area contributed by atoms with Crippen LogP contribution in [0.2, 0.25) is 0 Å². The van der Waals surface area contributed by atoms with E-state index in [1.165, 1.54) is 4.90 Å². The first-order valence-corrected chi connectivity index (χ1v) is 8.28. The summed E-state index contributed by atoms with van der Waals surface area (Å²) in [4.78, 5) is 33.4. The predicted octanol–water partition coefficient (Wildman–Crippen LogP) is 0.0621. The summed E-state index contributed by atoms with van der Waals surface area (Å²) in [6.45, 7) is 2.44. The number of aromatic nitrogens is 2. The number of nitrogens with two attached hydrogens (primary N) is 1. The predicted molar refractivity (Wildman–Crippen MR) is 92.6 cm³/mol. The van der Waals surface area contributed by atoms with E-state index in [0.717, 1.165) is 16.6 Å². The number of likely N-dealkylation sites (N-methyl/N-ethyl adjacent to an activating group) is 1. The lowest BCUT2D eigenvalue weighted by molar-refractivity contribution is -0.142. The maximum Gasteiger partial charge on any atom is 0.249 e. The highest BCUT2D eigenvalue weighted by molar-refractivity contribution is 5.88. The van der Waals surface area contributed by atoms with Gasteiger partial charge in [0.05, 0.1) is 11.0 Å². The van der Waals surface area contributed by atoms with Crippen molar-refractivity contribution < 1.29 is 14.3 Å². The number of rotatable bonds is 5. The molecule has 0 spiro atoms. The van der Waals surface area contributed by atoms with Gasteiger partial charge in [0.25, 0.3) is 0 Å². The Kier molecular flexibility index (Phi) is 5.00. The van der Waals surface area contributed by atoms with Crippen LogP contribution in [0.4, 0.5) is 0 Å². The number of carbonyl (C=O) groups excluding carboxylic acids is 2. The van der Waals surface area contributed by atoms with Gasteiger partial charge in [-0.05, 0) is 25.0 Å². The average molecular weight is 345 g/mol. The smallest absolute Gasteiger partial charge is 0.249 e. The van der Waals surface area contributed by atoms with Gasteiger partial charge in [-0.15, -0.1) is 0 Å². The summed E-state index contributed by atoms with van der Waals surface area (Å²) in [6.07, 6.45) is 0.467. The van der Waals surface area contributed by atoms with Crippen molar-refractivity contribution in [2.75, 3.05) is 20.2 Å². The standard InChI is InChI=1S/C17H23N5O3/c1-10-4-3-5-12-16(10)21-14(20-12)8-25-9-15(23)22-7-11(18)6-13(22)17(24)19-2/h3-5,11,13H,6-9,18H2,1-2H3,(H,19,24)(H,20,21)/t11-,13+/m1/s1. The first-order chi connectivity index (χ1) is 12.0. The minimum absolute atomic E-state index is 0.115. The molecule has 2 heterocycles. The fraction of sp³-hybridized carbons (Fsp3) is 0.471. The Bertz CT molecular complexity index is 788. The van der Waals surface area contributed by atoms with Crippen LogP contribution in [0.25, 0.3) is 11.0 Å². The number of fused-ring (bicyclic) bond motifs is 1. The van der Waals surface area contributed by atoms with Crippen molar-refractivity contribution in [1.82, 2.24) is 20.2 Å². The normalized spacial score (nSPS) is 20.2. The van der Waals surface area contributed by atoms with Crippen molar-refractivity contribution in [2.24, 2.45) is 5.73 Å². The molecule has 2 atom stereocenters. The van der Waals surface area contributed by atoms with E-state index in [1.54, 1.807) is 7.05 Å². The number of imidazole rings is 1. The van der Waals surface area contributed by atoms with Crippen LogP contribution in [0.3, 0.4) is 0 Å². The van der Waals surface area contributed by atoms with Crippen LogP contribution in [0, 0.1) is 6.92 Å². The number of ether oxygens (including phenoxy) is 1. The number of H-pyrrole nitrogens is 1. The highest BCUT2D eigenvalue weighted by Gasteiger charge is 2.37. The molecular weight excluding hydrogens is 322 g/mol. The highest BCUT2D eigenvalue weighted by atomic mass is 16.5. The van der Waals surface area contributed by atoms with Crippen LogP contribution in [-0.4, -0.2) is 59.0 Å². The molecule has 1 aromatic heterocycles. The fourth-order valence-corrected chi connectivity index (χ4v) is 3.17. The van der Waals surface area contributed by atoms with Gasteiger partial charge in [0, 0.05) is 19.6 Å². The molecule has 134 valence electrons. The van der Waals surface area contributed by atoms with Gasteiger partial charge in [-0.25, -0.2) is 4.98 Å². The summed E-state index contributed by atoms with van der Waals surface area (Å²) in [5.74, 6) is 0.223. The number of nitrogens with zero attached hydrogens (tertiary/aromatic N) is 2. The maximum atomic E-state index is 12.4. The number of hydrogen-bond acceptors (Lipinski definition) is 5. The summed E-state index contributed by atoms with van der Waals surface area (Å²) in [5.41, 5.74) is 8.81. The zero-order valence-electron chi connectivity index (χ0n) is 14.4. The summed E-state index contributed by atoms with van der Waals surface area (Å²) in [7, 11) is 1.55. The minimum atomic E-state index is -0.523. The quantitative estimate of drug-likeness (QED) is 0.709. The van der Waals surface area contributed by atoms with Gasteiger partial charge >= 0.3 is 0 Å². The highest BCUT2D eigenvalue weighted by Crippen LogP contribution is 2.18. The molecular formula is C17H23N5O3. The van der Waals surface area contributed by atoms with Crippen LogP contribution < -0.4 is 11.1 Å². The summed E-state index contributed by atoms with van der Waals surface area (Å²) in [6, 6.07) is 5.19. The van der Waals surface area contributed by atoms with E-state index in [2.05, 4.69) is 15.3 Å². The van der Waals surface area contributed by atoms with Crippen molar-refractivity contribution in [3.05, 3.63) is 29.6 Å². The van der Waals surface area contributed by atoms with Gasteiger partial charge in [0.1, 0.15) is 25.1 Å². The van der Waals surface area contributed by atoms with Gasteiger partial charge in [0.15, 0.2) is 0 Å². The Balaban J connectivity index is 1.58. The van der Waals surface area contributed by atoms with Crippen molar-refractivity contribution in [2.45, 2.75) is 32.0 Å². The maximum absolute atomic E-state index is 12.4. The number of hydrogen-bond donors (Lipinski definition) is 3. The lowest BCUT2D eigenvalue weighted by atomic mass is 10.1. The topological polar surface area (TPSA) is 113 Å². The van der Waals surface area contributed by atoms with E-state index in [4.69, 9.17) is 10.5 Å². The molecule has 8 heteroatoms. The second kappa shape index (κ2) is 7.20. The third-order valence-corrected chi connectivity index (χ3v) is 4.43. The van der Waals surface area contributed by atoms with E-state index in [-0.39, 0.29) is 31.1 Å². The lowest BCUT2D eigenvalue weighted by Gasteiger charge is -2.22. The lowest BCUT2D eigenvalue weighted by Crippen LogP contribution is -2.46. The second-order valence-electron chi connectivity index (χ2n) is 6.32. The number of benzene rings is 1. The van der Waals surface area contributed by atoms with Gasteiger partial charge < -0.3 is 25.7 Å². The molecule has 1 aromatic carbocycles. The monoisotopic (exact) mass is 345 g/mol. The van der Waals surface area contributed by atoms with Crippen LogP contribution in [-0.2, 0) is 20.9 Å². The molecule has 1 fully saturated rings. The third-order valence-electron chi connectivity index (χ3n) is 4.43. The van der Waals surface area contributed by atoms with Crippen molar-refractivity contribution in [3.63, 3.8) is 0 Å². The molecule has 0 saturated carbocycles. The zero-order chi connectivity index (χ0) is 18.0. The molecule has 2 aromatic rings. The molecule has 0 unspecified atom stereocenters. The molecule has 1 aliphatic heterocycles. The Morgan fingerprint density at radius 2 is 2.28 bits per heavy atom. The third kappa shape index (κ3) is 3.64. The Hall–Kier alpha value is -2.45. The number of likely N-dealkylation sites (tertiary alicyclic amines) is 1. The van der Waals surface area contributed by atoms with E-state index in [9.17, 15) is 9.59 Å². The van der Waals surface area contributed by atoms with Crippen LogP contribution in [0.5, 0.6) is 0 Å². The second-order valence-corrected chi connectivity index (χ2v) is 6.32. The van der Waals surface area contributed by atoms with Crippen LogP contribution in [0.1, 0.15) is 17.8 Å². The van der Waals surface area contributed by atoms with Crippen LogP contribution >= 0.6 is 0 Å². The Labute approximate surface area is 145 Å². The molecule has 1 aliphatic rings. The van der Waals surface area contributed by atoms with E-state index >= 15 is 0 Å². The fourth-order valence-electron chi connectivity index (χ4n) is 3.17. The molecule has 8 nitrogen and oxygen atoms in total. The Morgan fingerprint density at radius 1 is 1.48 bits per heavy atom. The number of nitrogens with one attached hydrogen (secondary N) is 2. The van der Waals surface area contributed by atoms with E-state index in [0.29, 0.717) is 18.8 Å². The average Bonchev–Trinajstić information content (AvgIpc) is 3.18. The van der Waals surface area contributed by atoms with Crippen LogP contribution in [0.15, 0.2) is 18.2 Å². The Morgan fingerprint density at radius 3 is 3.00 bits per heavy atom. The summed E-state index contributed by atoms with van der Waals surface area (Å²) >= 11 is 0.